The third-order valence-corrected chi connectivity index (χ3v) is 3.89. The lowest BCUT2D eigenvalue weighted by Gasteiger charge is -2.10. The molecule has 0 atom stereocenters. The molecular weight excluding hydrogens is 378 g/mol. The van der Waals surface area contributed by atoms with E-state index in [1.807, 2.05) is 30.3 Å². The Bertz CT molecular complexity index is 961. The molecule has 154 valence electrons. The Kier molecular flexibility index (Phi) is 6.80. The summed E-state index contributed by atoms with van der Waals surface area (Å²) < 4.78 is 22.7. The number of fused-ring (bicyclic) bond motifs is 1. The van der Waals surface area contributed by atoms with Crippen LogP contribution in [0.3, 0.4) is 0 Å². The van der Waals surface area contributed by atoms with E-state index in [2.05, 4.69) is 15.0 Å². The number of carbonyl (C=O) groups excluding carboxylic acids is 1. The number of nitrogens with two attached hydrogens (primary N) is 1. The predicted octanol–water partition coefficient (Wildman–Crippen LogP) is 1.42. The molecule has 2 heterocycles. The minimum Gasteiger partial charge on any atom is -0.463 e. The molecular formula is C19H23N5O5. The molecule has 2 aromatic heterocycles. The van der Waals surface area contributed by atoms with Crippen LogP contribution in [0.5, 0.6) is 12.0 Å². The molecule has 0 fully saturated rings. The van der Waals surface area contributed by atoms with Crippen LogP contribution < -0.4 is 15.2 Å². The molecule has 0 unspecified atom stereocenters. The van der Waals surface area contributed by atoms with Crippen LogP contribution in [-0.2, 0) is 20.8 Å². The van der Waals surface area contributed by atoms with E-state index in [-0.39, 0.29) is 37.7 Å². The molecule has 3 aromatic rings. The predicted molar refractivity (Wildman–Crippen MR) is 105 cm³/mol. The number of hydrogen-bond donors (Lipinski definition) is 1. The van der Waals surface area contributed by atoms with E-state index in [4.69, 9.17) is 24.7 Å². The number of nitrogen functional groups attached to an aromatic ring is 1. The van der Waals surface area contributed by atoms with Crippen LogP contribution in [0, 0.1) is 0 Å². The lowest BCUT2D eigenvalue weighted by molar-refractivity contribution is -0.145. The first-order valence-corrected chi connectivity index (χ1v) is 9.10. The number of anilines is 1. The zero-order valence-corrected chi connectivity index (χ0v) is 16.3. The van der Waals surface area contributed by atoms with Crippen molar-refractivity contribution >= 4 is 23.0 Å². The van der Waals surface area contributed by atoms with Gasteiger partial charge in [-0.15, -0.1) is 0 Å². The number of rotatable bonds is 10. The monoisotopic (exact) mass is 401 g/mol. The summed E-state index contributed by atoms with van der Waals surface area (Å²) in [4.78, 5) is 24.6. The number of esters is 1. The van der Waals surface area contributed by atoms with Gasteiger partial charge in [0.05, 0.1) is 19.8 Å². The van der Waals surface area contributed by atoms with E-state index in [1.54, 1.807) is 18.6 Å². The Morgan fingerprint density at radius 3 is 2.62 bits per heavy atom. The summed E-state index contributed by atoms with van der Waals surface area (Å²) in [7, 11) is 1.57. The summed E-state index contributed by atoms with van der Waals surface area (Å²) in [5.41, 5.74) is 7.85. The highest BCUT2D eigenvalue weighted by atomic mass is 16.6. The SMILES string of the molecule is CCOC(=O)COc1nc2c(N)nc(OCCOC)nc2n1Cc1ccccc1. The molecule has 3 rings (SSSR count). The van der Waals surface area contributed by atoms with Gasteiger partial charge in [-0.05, 0) is 12.5 Å². The molecule has 10 heteroatoms. The maximum atomic E-state index is 11.7. The number of methoxy groups -OCH3 is 1. The topological polar surface area (TPSA) is 124 Å². The number of benzene rings is 1. The maximum Gasteiger partial charge on any atom is 0.344 e. The van der Waals surface area contributed by atoms with Crippen molar-refractivity contribution in [2.45, 2.75) is 13.5 Å². The summed E-state index contributed by atoms with van der Waals surface area (Å²) in [5.74, 6) is -0.344. The van der Waals surface area contributed by atoms with Gasteiger partial charge in [-0.1, -0.05) is 30.3 Å². The van der Waals surface area contributed by atoms with Gasteiger partial charge in [-0.25, -0.2) is 4.79 Å². The van der Waals surface area contributed by atoms with Crippen LogP contribution >= 0.6 is 0 Å². The van der Waals surface area contributed by atoms with Crippen molar-refractivity contribution in [1.82, 2.24) is 19.5 Å². The Morgan fingerprint density at radius 2 is 1.90 bits per heavy atom. The highest BCUT2D eigenvalue weighted by molar-refractivity contribution is 5.83. The fourth-order valence-electron chi connectivity index (χ4n) is 2.61. The quantitative estimate of drug-likeness (QED) is 0.397. The number of nitrogens with zero attached hydrogens (tertiary/aromatic N) is 4. The summed E-state index contributed by atoms with van der Waals surface area (Å²) in [6, 6.07) is 10.00. The molecule has 0 bridgehead atoms. The summed E-state index contributed by atoms with van der Waals surface area (Å²) in [6.07, 6.45) is 0. The molecule has 0 aliphatic carbocycles. The Balaban J connectivity index is 1.97. The van der Waals surface area contributed by atoms with Crippen LogP contribution in [0.1, 0.15) is 12.5 Å². The standard InChI is InChI=1S/C19H23N5O5/c1-3-27-14(25)12-29-19-21-15-16(20)22-18(28-10-9-26-2)23-17(15)24(19)11-13-7-5-4-6-8-13/h4-8H,3,9-12H2,1-2H3,(H2,20,22,23). The first-order valence-electron chi connectivity index (χ1n) is 9.10. The minimum atomic E-state index is -0.492. The van der Waals surface area contributed by atoms with E-state index < -0.39 is 5.97 Å². The first-order chi connectivity index (χ1) is 14.1. The summed E-state index contributed by atoms with van der Waals surface area (Å²) in [5, 5.41) is 0. The van der Waals surface area contributed by atoms with Crippen molar-refractivity contribution < 1.29 is 23.7 Å². The van der Waals surface area contributed by atoms with Crippen LogP contribution in [0.25, 0.3) is 11.2 Å². The van der Waals surface area contributed by atoms with Crippen molar-refractivity contribution in [2.24, 2.45) is 0 Å². The van der Waals surface area contributed by atoms with Crippen LogP contribution in [-0.4, -0.2) is 59.0 Å². The van der Waals surface area contributed by atoms with Crippen molar-refractivity contribution in [1.29, 1.82) is 0 Å². The van der Waals surface area contributed by atoms with Gasteiger partial charge >= 0.3 is 12.0 Å². The largest absolute Gasteiger partial charge is 0.463 e. The van der Waals surface area contributed by atoms with Gasteiger partial charge < -0.3 is 24.7 Å². The fourth-order valence-corrected chi connectivity index (χ4v) is 2.61. The van der Waals surface area contributed by atoms with E-state index >= 15 is 0 Å². The van der Waals surface area contributed by atoms with Crippen LogP contribution in [0.15, 0.2) is 30.3 Å². The van der Waals surface area contributed by atoms with Crippen LogP contribution in [0.4, 0.5) is 5.82 Å². The molecule has 10 nitrogen and oxygen atoms in total. The molecule has 0 aliphatic heterocycles. The Labute approximate surface area is 167 Å². The average Bonchev–Trinajstić information content (AvgIpc) is 3.06. The van der Waals surface area contributed by atoms with Gasteiger partial charge in [-0.2, -0.15) is 15.0 Å². The van der Waals surface area contributed by atoms with Gasteiger partial charge in [0.2, 0.25) is 0 Å². The zero-order valence-electron chi connectivity index (χ0n) is 16.3. The smallest absolute Gasteiger partial charge is 0.344 e. The van der Waals surface area contributed by atoms with Gasteiger partial charge in [0, 0.05) is 7.11 Å². The molecule has 29 heavy (non-hydrogen) atoms. The third-order valence-electron chi connectivity index (χ3n) is 3.89. The molecule has 0 saturated heterocycles. The molecule has 0 amide bonds. The molecule has 0 aliphatic rings. The van der Waals surface area contributed by atoms with E-state index in [0.717, 1.165) is 5.56 Å². The first kappa shape index (κ1) is 20.3. The van der Waals surface area contributed by atoms with E-state index in [0.29, 0.717) is 24.3 Å². The number of carbonyl (C=O) groups is 1. The highest BCUT2D eigenvalue weighted by Crippen LogP contribution is 2.26. The maximum absolute atomic E-state index is 11.7. The number of aromatic nitrogens is 4. The van der Waals surface area contributed by atoms with Crippen molar-refractivity contribution in [2.75, 3.05) is 39.3 Å². The van der Waals surface area contributed by atoms with Crippen molar-refractivity contribution in [3.05, 3.63) is 35.9 Å². The van der Waals surface area contributed by atoms with Gasteiger partial charge in [-0.3, -0.25) is 4.57 Å². The number of ether oxygens (including phenoxy) is 4. The molecule has 2 N–H and O–H groups in total. The highest BCUT2D eigenvalue weighted by Gasteiger charge is 2.20. The number of imidazole rings is 1. The summed E-state index contributed by atoms with van der Waals surface area (Å²) in [6.45, 7) is 2.78. The third kappa shape index (κ3) is 5.11. The normalized spacial score (nSPS) is 10.8. The molecule has 0 saturated carbocycles. The van der Waals surface area contributed by atoms with Gasteiger partial charge in [0.1, 0.15) is 6.61 Å². The van der Waals surface area contributed by atoms with Gasteiger partial charge in [0.15, 0.2) is 23.6 Å². The Hall–Kier alpha value is -3.40. The average molecular weight is 401 g/mol. The summed E-state index contributed by atoms with van der Waals surface area (Å²) >= 11 is 0. The second kappa shape index (κ2) is 9.69. The number of hydrogen-bond acceptors (Lipinski definition) is 9. The van der Waals surface area contributed by atoms with E-state index in [1.165, 1.54) is 0 Å². The lowest BCUT2D eigenvalue weighted by Crippen LogP contribution is -2.17. The van der Waals surface area contributed by atoms with Gasteiger partial charge in [0.25, 0.3) is 6.01 Å². The zero-order chi connectivity index (χ0) is 20.6. The second-order valence-electron chi connectivity index (χ2n) is 5.96. The lowest BCUT2D eigenvalue weighted by atomic mass is 10.2. The molecule has 0 spiro atoms. The van der Waals surface area contributed by atoms with E-state index in [9.17, 15) is 4.79 Å². The van der Waals surface area contributed by atoms with Crippen LogP contribution in [0.2, 0.25) is 0 Å². The fraction of sp³-hybridized carbons (Fsp3) is 0.368. The second-order valence-corrected chi connectivity index (χ2v) is 5.96. The van der Waals surface area contributed by atoms with Crippen molar-refractivity contribution in [3.63, 3.8) is 0 Å². The molecule has 0 radical (unpaired) electrons. The van der Waals surface area contributed by atoms with Crippen molar-refractivity contribution in [3.8, 4) is 12.0 Å². The molecule has 1 aromatic carbocycles. The Morgan fingerprint density at radius 1 is 1.10 bits per heavy atom. The minimum absolute atomic E-state index is 0.109.